The Morgan fingerprint density at radius 1 is 1.36 bits per heavy atom. The molecule has 1 aliphatic carbocycles. The van der Waals surface area contributed by atoms with Crippen LogP contribution in [0.25, 0.3) is 5.78 Å². The van der Waals surface area contributed by atoms with E-state index in [4.69, 9.17) is 0 Å². The number of carbonyl (C=O) groups is 1. The predicted molar refractivity (Wildman–Crippen MR) is 91.3 cm³/mol. The Morgan fingerprint density at radius 2 is 2.08 bits per heavy atom. The number of aromatic nitrogens is 4. The number of aryl methyl sites for hydroxylation is 1. The summed E-state index contributed by atoms with van der Waals surface area (Å²) in [5.74, 6) is 1.62. The second-order valence-corrected chi connectivity index (χ2v) is 7.25. The SMILES string of the molecule is Cc1nc2ncnn2c(N2CCC(F)(CNC(=O)C3CC3)CC2)c1C. The first-order valence-corrected chi connectivity index (χ1v) is 8.85. The summed E-state index contributed by atoms with van der Waals surface area (Å²) in [7, 11) is 0. The Kier molecular flexibility index (Phi) is 3.85. The molecule has 2 aromatic rings. The number of fused-ring (bicyclic) bond motifs is 1. The van der Waals surface area contributed by atoms with Crippen LogP contribution in [0, 0.1) is 19.8 Å². The van der Waals surface area contributed by atoms with E-state index in [0.29, 0.717) is 31.7 Å². The van der Waals surface area contributed by atoms with E-state index in [0.717, 1.165) is 29.9 Å². The summed E-state index contributed by atoms with van der Waals surface area (Å²) < 4.78 is 16.8. The number of alkyl halides is 1. The van der Waals surface area contributed by atoms with Crippen molar-refractivity contribution < 1.29 is 9.18 Å². The fraction of sp³-hybridized carbons (Fsp3) is 0.647. The first-order valence-electron chi connectivity index (χ1n) is 8.85. The van der Waals surface area contributed by atoms with Crippen molar-refractivity contribution >= 4 is 17.5 Å². The molecule has 2 aliphatic rings. The molecule has 25 heavy (non-hydrogen) atoms. The number of nitrogens with one attached hydrogen (secondary N) is 1. The van der Waals surface area contributed by atoms with E-state index in [1.54, 1.807) is 4.52 Å². The molecule has 8 heteroatoms. The van der Waals surface area contributed by atoms with Gasteiger partial charge in [0, 0.05) is 43.1 Å². The molecule has 0 spiro atoms. The van der Waals surface area contributed by atoms with Crippen molar-refractivity contribution in [2.24, 2.45) is 5.92 Å². The molecular formula is C17H23FN6O. The van der Waals surface area contributed by atoms with Crippen LogP contribution in [0.4, 0.5) is 10.2 Å². The molecule has 2 fully saturated rings. The number of amides is 1. The minimum Gasteiger partial charge on any atom is -0.356 e. The number of piperidine rings is 1. The van der Waals surface area contributed by atoms with Crippen LogP contribution in [0.3, 0.4) is 0 Å². The van der Waals surface area contributed by atoms with Crippen LogP contribution in [0.5, 0.6) is 0 Å². The quantitative estimate of drug-likeness (QED) is 0.910. The maximum absolute atomic E-state index is 15.1. The fourth-order valence-corrected chi connectivity index (χ4v) is 3.42. The molecule has 1 saturated carbocycles. The van der Waals surface area contributed by atoms with E-state index in [9.17, 15) is 4.79 Å². The standard InChI is InChI=1S/C17H23FN6O/c1-11-12(2)22-16-20-10-21-24(16)15(11)23-7-5-17(18,6-8-23)9-19-14(25)13-3-4-13/h10,13H,3-9H2,1-2H3,(H,19,25). The van der Waals surface area contributed by atoms with Crippen molar-refractivity contribution in [2.45, 2.75) is 45.2 Å². The summed E-state index contributed by atoms with van der Waals surface area (Å²) in [6.45, 7) is 5.23. The maximum Gasteiger partial charge on any atom is 0.254 e. The third-order valence-electron chi connectivity index (χ3n) is 5.36. The molecule has 4 rings (SSSR count). The lowest BCUT2D eigenvalue weighted by molar-refractivity contribution is -0.123. The van der Waals surface area contributed by atoms with Crippen molar-refractivity contribution in [2.75, 3.05) is 24.5 Å². The van der Waals surface area contributed by atoms with Gasteiger partial charge in [0.15, 0.2) is 0 Å². The summed E-state index contributed by atoms with van der Waals surface area (Å²) in [5, 5.41) is 7.05. The van der Waals surface area contributed by atoms with Crippen LogP contribution in [-0.2, 0) is 4.79 Å². The van der Waals surface area contributed by atoms with E-state index in [1.165, 1.54) is 6.33 Å². The highest BCUT2D eigenvalue weighted by atomic mass is 19.1. The Labute approximate surface area is 145 Å². The van der Waals surface area contributed by atoms with Crippen LogP contribution in [0.15, 0.2) is 6.33 Å². The van der Waals surface area contributed by atoms with Crippen molar-refractivity contribution in [3.63, 3.8) is 0 Å². The smallest absolute Gasteiger partial charge is 0.254 e. The topological polar surface area (TPSA) is 75.4 Å². The number of halogens is 1. The van der Waals surface area contributed by atoms with Gasteiger partial charge >= 0.3 is 0 Å². The minimum absolute atomic E-state index is 0.00406. The molecule has 2 aromatic heterocycles. The molecule has 0 bridgehead atoms. The summed E-state index contributed by atoms with van der Waals surface area (Å²) >= 11 is 0. The van der Waals surface area contributed by atoms with Crippen LogP contribution >= 0.6 is 0 Å². The largest absolute Gasteiger partial charge is 0.356 e. The van der Waals surface area contributed by atoms with Crippen LogP contribution in [0.2, 0.25) is 0 Å². The molecule has 0 unspecified atom stereocenters. The lowest BCUT2D eigenvalue weighted by Gasteiger charge is -2.38. The molecular weight excluding hydrogens is 323 g/mol. The highest BCUT2D eigenvalue weighted by Crippen LogP contribution is 2.32. The summed E-state index contributed by atoms with van der Waals surface area (Å²) in [6, 6.07) is 0. The van der Waals surface area contributed by atoms with Gasteiger partial charge < -0.3 is 10.2 Å². The minimum atomic E-state index is -1.33. The number of nitrogens with zero attached hydrogens (tertiary/aromatic N) is 5. The molecule has 1 saturated heterocycles. The van der Waals surface area contributed by atoms with Crippen LogP contribution in [0.1, 0.15) is 36.9 Å². The van der Waals surface area contributed by atoms with Gasteiger partial charge in [-0.2, -0.15) is 14.6 Å². The Morgan fingerprint density at radius 3 is 2.76 bits per heavy atom. The molecule has 0 atom stereocenters. The highest BCUT2D eigenvalue weighted by molar-refractivity contribution is 5.80. The van der Waals surface area contributed by atoms with E-state index >= 15 is 4.39 Å². The predicted octanol–water partition coefficient (Wildman–Crippen LogP) is 1.58. The van der Waals surface area contributed by atoms with Gasteiger partial charge in [0.2, 0.25) is 5.91 Å². The van der Waals surface area contributed by atoms with Gasteiger partial charge in [-0.1, -0.05) is 0 Å². The van der Waals surface area contributed by atoms with Crippen LogP contribution < -0.4 is 10.2 Å². The second kappa shape index (κ2) is 5.93. The summed E-state index contributed by atoms with van der Waals surface area (Å²) in [5.41, 5.74) is 0.606. The molecule has 134 valence electrons. The Balaban J connectivity index is 1.47. The molecule has 0 aromatic carbocycles. The van der Waals surface area contributed by atoms with E-state index in [2.05, 4.69) is 25.3 Å². The summed E-state index contributed by atoms with van der Waals surface area (Å²) in [4.78, 5) is 22.5. The number of rotatable bonds is 4. The van der Waals surface area contributed by atoms with Crippen molar-refractivity contribution in [3.8, 4) is 0 Å². The fourth-order valence-electron chi connectivity index (χ4n) is 3.42. The van der Waals surface area contributed by atoms with Crippen molar-refractivity contribution in [1.29, 1.82) is 0 Å². The molecule has 3 heterocycles. The number of hydrogen-bond donors (Lipinski definition) is 1. The zero-order valence-corrected chi connectivity index (χ0v) is 14.6. The average molecular weight is 346 g/mol. The van der Waals surface area contributed by atoms with Gasteiger partial charge in [0.25, 0.3) is 5.78 Å². The molecule has 7 nitrogen and oxygen atoms in total. The second-order valence-electron chi connectivity index (χ2n) is 7.25. The molecule has 1 N–H and O–H groups in total. The Bertz CT molecular complexity index is 807. The third-order valence-corrected chi connectivity index (χ3v) is 5.36. The molecule has 0 radical (unpaired) electrons. The lowest BCUT2D eigenvalue weighted by atomic mass is 9.93. The third kappa shape index (κ3) is 3.05. The van der Waals surface area contributed by atoms with Crippen LogP contribution in [-0.4, -0.2) is 50.8 Å². The monoisotopic (exact) mass is 346 g/mol. The number of anilines is 1. The zero-order chi connectivity index (χ0) is 17.6. The van der Waals surface area contributed by atoms with Gasteiger partial charge in [-0.25, -0.2) is 9.37 Å². The van der Waals surface area contributed by atoms with Crippen molar-refractivity contribution in [3.05, 3.63) is 17.6 Å². The first-order chi connectivity index (χ1) is 12.0. The van der Waals surface area contributed by atoms with Gasteiger partial charge in [0.05, 0.1) is 6.54 Å². The van der Waals surface area contributed by atoms with Gasteiger partial charge in [-0.3, -0.25) is 4.79 Å². The zero-order valence-electron chi connectivity index (χ0n) is 14.6. The lowest BCUT2D eigenvalue weighted by Crippen LogP contribution is -2.49. The van der Waals surface area contributed by atoms with Gasteiger partial charge in [-0.05, 0) is 26.7 Å². The highest BCUT2D eigenvalue weighted by Gasteiger charge is 2.38. The van der Waals surface area contributed by atoms with Crippen molar-refractivity contribution in [1.82, 2.24) is 24.9 Å². The number of hydrogen-bond acceptors (Lipinski definition) is 5. The average Bonchev–Trinajstić information content (AvgIpc) is 3.35. The maximum atomic E-state index is 15.1. The van der Waals surface area contributed by atoms with E-state index in [-0.39, 0.29) is 18.4 Å². The van der Waals surface area contributed by atoms with Gasteiger partial charge in [0.1, 0.15) is 17.8 Å². The van der Waals surface area contributed by atoms with E-state index in [1.807, 2.05) is 13.8 Å². The first kappa shape index (κ1) is 16.2. The normalized spacial score (nSPS) is 20.0. The Hall–Kier alpha value is -2.25. The van der Waals surface area contributed by atoms with E-state index < -0.39 is 5.67 Å². The molecule has 1 aliphatic heterocycles. The van der Waals surface area contributed by atoms with Gasteiger partial charge in [-0.15, -0.1) is 0 Å². The summed E-state index contributed by atoms with van der Waals surface area (Å²) in [6.07, 6.45) is 4.13. The molecule has 1 amide bonds. The number of carbonyl (C=O) groups excluding carboxylic acids is 1.